The highest BCUT2D eigenvalue weighted by Crippen LogP contribution is 1.93. The molecular formula is C7H9N5. The minimum atomic E-state index is 0.371. The lowest BCUT2D eigenvalue weighted by atomic mass is 10.2. The first-order valence-corrected chi connectivity index (χ1v) is 3.14. The third kappa shape index (κ3) is 3.92. The molecule has 4 N–H and O–H groups in total. The molecule has 0 radical (unpaired) electrons. The summed E-state index contributed by atoms with van der Waals surface area (Å²) in [5.41, 5.74) is 19.7. The van der Waals surface area contributed by atoms with Gasteiger partial charge in [0.25, 0.3) is 5.84 Å². The second kappa shape index (κ2) is 5.76. The smallest absolute Gasteiger partial charge is 0.270 e. The Labute approximate surface area is 69.8 Å². The van der Waals surface area contributed by atoms with Crippen LogP contribution in [0.5, 0.6) is 0 Å². The molecule has 1 rings (SSSR count). The third-order valence-corrected chi connectivity index (χ3v) is 1.11. The summed E-state index contributed by atoms with van der Waals surface area (Å²) in [7, 11) is 0. The molecule has 0 saturated heterocycles. The molecule has 0 aliphatic heterocycles. The molecule has 0 saturated carbocycles. The molecule has 5 nitrogen and oxygen atoms in total. The highest BCUT2D eigenvalue weighted by molar-refractivity contribution is 5.92. The summed E-state index contributed by atoms with van der Waals surface area (Å²) in [5.74, 6) is 0.371. The van der Waals surface area contributed by atoms with Gasteiger partial charge in [0.2, 0.25) is 0 Å². The molecule has 5 heteroatoms. The molecule has 12 heavy (non-hydrogen) atoms. The minimum Gasteiger partial charge on any atom is -0.373 e. The lowest BCUT2D eigenvalue weighted by Gasteiger charge is -1.87. The lowest BCUT2D eigenvalue weighted by Crippen LogP contribution is -2.46. The van der Waals surface area contributed by atoms with Crippen LogP contribution in [0.15, 0.2) is 30.3 Å². The van der Waals surface area contributed by atoms with Crippen molar-refractivity contribution < 1.29 is 5.41 Å². The number of hydrogen-bond acceptors (Lipinski definition) is 0. The SMILES string of the molecule is NC(=[NH2+])c1ccccc1.[N-]=[N+]=[N-]. The standard InChI is InChI=1S/C7H8N2.N3/c8-7(9)6-4-2-1-3-5-6;1-3-2/h1-5H,(H3,8,9);/q;-1/p+1. The fourth-order valence-electron chi connectivity index (χ4n) is 0.631. The van der Waals surface area contributed by atoms with E-state index in [1.807, 2.05) is 30.3 Å². The molecular weight excluding hydrogens is 154 g/mol. The van der Waals surface area contributed by atoms with Gasteiger partial charge in [0.05, 0.1) is 5.56 Å². The van der Waals surface area contributed by atoms with Crippen molar-refractivity contribution in [3.63, 3.8) is 0 Å². The maximum atomic E-state index is 6.75. The van der Waals surface area contributed by atoms with Crippen molar-refractivity contribution in [1.29, 1.82) is 0 Å². The number of rotatable bonds is 1. The van der Waals surface area contributed by atoms with Gasteiger partial charge in [-0.15, -0.1) is 0 Å². The van der Waals surface area contributed by atoms with Gasteiger partial charge in [-0.3, -0.25) is 16.1 Å². The molecule has 0 heterocycles. The van der Waals surface area contributed by atoms with Crippen LogP contribution in [-0.4, -0.2) is 5.84 Å². The van der Waals surface area contributed by atoms with Crippen LogP contribution in [-0.2, 0) is 0 Å². The van der Waals surface area contributed by atoms with Crippen molar-refractivity contribution >= 4 is 5.84 Å². The first kappa shape index (κ1) is 10.0. The Balaban J connectivity index is 0.000000354. The number of hydrogen-bond donors (Lipinski definition) is 2. The molecule has 0 atom stereocenters. The fourth-order valence-corrected chi connectivity index (χ4v) is 0.631. The number of amidine groups is 1. The van der Waals surface area contributed by atoms with Gasteiger partial charge in [-0.05, 0) is 12.1 Å². The fraction of sp³-hybridized carbons (Fsp3) is 0. The van der Waals surface area contributed by atoms with Gasteiger partial charge in [0.15, 0.2) is 0 Å². The molecule has 0 aliphatic carbocycles. The van der Waals surface area contributed by atoms with E-state index in [-0.39, 0.29) is 0 Å². The molecule has 0 spiro atoms. The van der Waals surface area contributed by atoms with Crippen molar-refractivity contribution in [2.45, 2.75) is 0 Å². The van der Waals surface area contributed by atoms with E-state index in [4.69, 9.17) is 22.2 Å². The van der Waals surface area contributed by atoms with Crippen molar-refractivity contribution in [2.75, 3.05) is 0 Å². The number of nitrogens with two attached hydrogens (primary N) is 2. The van der Waals surface area contributed by atoms with Crippen LogP contribution >= 0.6 is 0 Å². The summed E-state index contributed by atoms with van der Waals surface area (Å²) in [5, 5.41) is 5.31. The normalized spacial score (nSPS) is 7.33. The maximum absolute atomic E-state index is 6.75. The Morgan fingerprint density at radius 3 is 1.92 bits per heavy atom. The van der Waals surface area contributed by atoms with Crippen LogP contribution in [0.1, 0.15) is 5.56 Å². The summed E-state index contributed by atoms with van der Waals surface area (Å²) >= 11 is 0. The molecule has 0 aliphatic rings. The van der Waals surface area contributed by atoms with E-state index in [2.05, 4.69) is 0 Å². The lowest BCUT2D eigenvalue weighted by molar-refractivity contribution is -0.114. The predicted molar refractivity (Wildman–Crippen MR) is 46.7 cm³/mol. The van der Waals surface area contributed by atoms with Gasteiger partial charge in [-0.1, -0.05) is 18.2 Å². The monoisotopic (exact) mass is 163 g/mol. The van der Waals surface area contributed by atoms with E-state index in [9.17, 15) is 0 Å². The van der Waals surface area contributed by atoms with Gasteiger partial charge < -0.3 is 11.1 Å². The second-order valence-corrected chi connectivity index (χ2v) is 1.91. The molecule has 0 amide bonds. The minimum absolute atomic E-state index is 0.371. The van der Waals surface area contributed by atoms with E-state index in [1.54, 1.807) is 0 Å². The zero-order chi connectivity index (χ0) is 9.40. The van der Waals surface area contributed by atoms with E-state index >= 15 is 0 Å². The van der Waals surface area contributed by atoms with E-state index < -0.39 is 0 Å². The summed E-state index contributed by atoms with van der Waals surface area (Å²) in [6.45, 7) is 0. The Kier molecular flexibility index (Phi) is 4.80. The summed E-state index contributed by atoms with van der Waals surface area (Å²) in [4.78, 5) is 1.50. The molecule has 0 fully saturated rings. The average molecular weight is 163 g/mol. The highest BCUT2D eigenvalue weighted by atomic mass is 15.0. The van der Waals surface area contributed by atoms with E-state index in [1.165, 1.54) is 4.91 Å². The summed E-state index contributed by atoms with van der Waals surface area (Å²) in [6.07, 6.45) is 0. The number of benzene rings is 1. The van der Waals surface area contributed by atoms with Crippen LogP contribution in [0.3, 0.4) is 0 Å². The Morgan fingerprint density at radius 1 is 1.25 bits per heavy atom. The molecule has 1 aromatic carbocycles. The predicted octanol–water partition coefficient (Wildman–Crippen LogP) is 0.0171. The Hall–Kier alpha value is -2.00. The molecule has 0 bridgehead atoms. The largest absolute Gasteiger partial charge is 0.373 e. The topological polar surface area (TPSA) is 110 Å². The van der Waals surface area contributed by atoms with E-state index in [0.717, 1.165) is 5.56 Å². The van der Waals surface area contributed by atoms with Gasteiger partial charge in [-0.2, -0.15) is 0 Å². The summed E-state index contributed by atoms with van der Waals surface area (Å²) < 4.78 is 0. The van der Waals surface area contributed by atoms with Crippen molar-refractivity contribution in [2.24, 2.45) is 5.73 Å². The molecule has 0 aromatic heterocycles. The van der Waals surface area contributed by atoms with Gasteiger partial charge in [0, 0.05) is 0 Å². The van der Waals surface area contributed by atoms with Crippen molar-refractivity contribution in [1.82, 2.24) is 0 Å². The maximum Gasteiger partial charge on any atom is 0.270 e. The zero-order valence-electron chi connectivity index (χ0n) is 6.38. The zero-order valence-corrected chi connectivity index (χ0v) is 6.38. The third-order valence-electron chi connectivity index (χ3n) is 1.11. The second-order valence-electron chi connectivity index (χ2n) is 1.91. The first-order valence-electron chi connectivity index (χ1n) is 3.14. The van der Waals surface area contributed by atoms with E-state index in [0.29, 0.717) is 5.84 Å². The molecule has 0 unspecified atom stereocenters. The molecule has 62 valence electrons. The average Bonchev–Trinajstić information content (AvgIpc) is 2.07. The van der Waals surface area contributed by atoms with Crippen LogP contribution in [0.25, 0.3) is 16.0 Å². The first-order chi connectivity index (χ1) is 5.72. The van der Waals surface area contributed by atoms with Gasteiger partial charge in [-0.25, -0.2) is 0 Å². The Bertz CT molecular complexity index is 273. The van der Waals surface area contributed by atoms with Crippen LogP contribution in [0.2, 0.25) is 0 Å². The summed E-state index contributed by atoms with van der Waals surface area (Å²) in [6, 6.07) is 9.46. The van der Waals surface area contributed by atoms with Crippen LogP contribution in [0.4, 0.5) is 0 Å². The number of nitrogens with zero attached hydrogens (tertiary/aromatic N) is 3. The van der Waals surface area contributed by atoms with Crippen molar-refractivity contribution in [3.05, 3.63) is 51.9 Å². The van der Waals surface area contributed by atoms with Gasteiger partial charge in [0.1, 0.15) is 0 Å². The van der Waals surface area contributed by atoms with Crippen LogP contribution < -0.4 is 11.1 Å². The highest BCUT2D eigenvalue weighted by Gasteiger charge is 1.95. The quantitative estimate of drug-likeness (QED) is 0.196. The Morgan fingerprint density at radius 2 is 1.67 bits per heavy atom. The van der Waals surface area contributed by atoms with Gasteiger partial charge >= 0.3 is 0 Å². The van der Waals surface area contributed by atoms with Crippen molar-refractivity contribution in [3.8, 4) is 0 Å². The molecule has 1 aromatic rings. The van der Waals surface area contributed by atoms with Crippen LogP contribution in [0, 0.1) is 0 Å².